The predicted octanol–water partition coefficient (Wildman–Crippen LogP) is 4.05. The zero-order valence-electron chi connectivity index (χ0n) is 12.0. The highest BCUT2D eigenvalue weighted by Crippen LogP contribution is 2.25. The van der Waals surface area contributed by atoms with E-state index >= 15 is 0 Å². The fraction of sp³-hybridized carbons (Fsp3) is 0.533. The Balaban J connectivity index is 2.82. The average molecular weight is 284 g/mol. The Morgan fingerprint density at radius 3 is 2.58 bits per heavy atom. The summed E-state index contributed by atoms with van der Waals surface area (Å²) < 4.78 is 5.48. The van der Waals surface area contributed by atoms with E-state index in [1.165, 1.54) is 0 Å². The van der Waals surface area contributed by atoms with Gasteiger partial charge in [-0.1, -0.05) is 20.8 Å². The number of hydrogen-bond donors (Lipinski definition) is 1. The Morgan fingerprint density at radius 1 is 1.37 bits per heavy atom. The summed E-state index contributed by atoms with van der Waals surface area (Å²) in [6, 6.07) is 5.55. The third-order valence-corrected chi connectivity index (χ3v) is 3.47. The SMILES string of the molecule is CCOc1ccc(NC(=O)C(C)C(C)C)cc1CCl. The van der Waals surface area contributed by atoms with Crippen LogP contribution in [0.5, 0.6) is 5.75 Å². The summed E-state index contributed by atoms with van der Waals surface area (Å²) in [5.74, 6) is 1.45. The first-order valence-electron chi connectivity index (χ1n) is 6.62. The van der Waals surface area contributed by atoms with Crippen LogP contribution in [0, 0.1) is 11.8 Å². The third-order valence-electron chi connectivity index (χ3n) is 3.19. The molecular weight excluding hydrogens is 262 g/mol. The molecule has 0 spiro atoms. The van der Waals surface area contributed by atoms with Crippen LogP contribution >= 0.6 is 11.6 Å². The zero-order chi connectivity index (χ0) is 14.4. The van der Waals surface area contributed by atoms with Gasteiger partial charge in [0.05, 0.1) is 12.5 Å². The number of hydrogen-bond acceptors (Lipinski definition) is 2. The number of alkyl halides is 1. The molecule has 1 N–H and O–H groups in total. The molecule has 19 heavy (non-hydrogen) atoms. The highest BCUT2D eigenvalue weighted by molar-refractivity contribution is 6.17. The van der Waals surface area contributed by atoms with Gasteiger partial charge in [-0.2, -0.15) is 0 Å². The van der Waals surface area contributed by atoms with Gasteiger partial charge in [-0.15, -0.1) is 11.6 Å². The molecule has 0 bridgehead atoms. The van der Waals surface area contributed by atoms with Gasteiger partial charge in [0.25, 0.3) is 0 Å². The second kappa shape index (κ2) is 7.39. The molecule has 0 fully saturated rings. The van der Waals surface area contributed by atoms with Gasteiger partial charge in [-0.05, 0) is 31.0 Å². The van der Waals surface area contributed by atoms with Gasteiger partial charge in [0.1, 0.15) is 5.75 Å². The van der Waals surface area contributed by atoms with Crippen LogP contribution in [0.25, 0.3) is 0 Å². The normalized spacial score (nSPS) is 12.3. The molecule has 1 aromatic rings. The zero-order valence-corrected chi connectivity index (χ0v) is 12.8. The first kappa shape index (κ1) is 15.8. The van der Waals surface area contributed by atoms with Crippen LogP contribution in [-0.2, 0) is 10.7 Å². The lowest BCUT2D eigenvalue weighted by Gasteiger charge is -2.16. The number of amides is 1. The van der Waals surface area contributed by atoms with E-state index in [0.717, 1.165) is 17.0 Å². The lowest BCUT2D eigenvalue weighted by Crippen LogP contribution is -2.24. The van der Waals surface area contributed by atoms with Gasteiger partial charge in [-0.3, -0.25) is 4.79 Å². The molecule has 4 heteroatoms. The number of anilines is 1. The summed E-state index contributed by atoms with van der Waals surface area (Å²) in [5, 5.41) is 2.91. The van der Waals surface area contributed by atoms with E-state index in [0.29, 0.717) is 18.4 Å². The molecule has 0 aliphatic heterocycles. The molecule has 106 valence electrons. The summed E-state index contributed by atoms with van der Waals surface area (Å²) in [6.45, 7) is 8.52. The quantitative estimate of drug-likeness (QED) is 0.800. The van der Waals surface area contributed by atoms with Gasteiger partial charge >= 0.3 is 0 Å². The monoisotopic (exact) mass is 283 g/mol. The fourth-order valence-corrected chi connectivity index (χ4v) is 1.83. The molecule has 0 radical (unpaired) electrons. The number of nitrogens with one attached hydrogen (secondary N) is 1. The van der Waals surface area contributed by atoms with Gasteiger partial charge < -0.3 is 10.1 Å². The molecule has 0 aliphatic carbocycles. The van der Waals surface area contributed by atoms with E-state index in [2.05, 4.69) is 5.32 Å². The molecule has 0 aliphatic rings. The average Bonchev–Trinajstić information content (AvgIpc) is 2.39. The van der Waals surface area contributed by atoms with Gasteiger partial charge in [0.15, 0.2) is 0 Å². The first-order valence-corrected chi connectivity index (χ1v) is 7.15. The largest absolute Gasteiger partial charge is 0.494 e. The molecule has 0 saturated heterocycles. The standard InChI is InChI=1S/C15H22ClNO2/c1-5-19-14-7-6-13(8-12(14)9-16)17-15(18)11(4)10(2)3/h6-8,10-11H,5,9H2,1-4H3,(H,17,18). The Kier molecular flexibility index (Phi) is 6.16. The van der Waals surface area contributed by atoms with E-state index in [-0.39, 0.29) is 11.8 Å². The molecule has 1 rings (SSSR count). The van der Waals surface area contributed by atoms with Crippen LogP contribution in [0.15, 0.2) is 18.2 Å². The lowest BCUT2D eigenvalue weighted by molar-refractivity contribution is -0.120. The maximum Gasteiger partial charge on any atom is 0.227 e. The van der Waals surface area contributed by atoms with Crippen molar-refractivity contribution in [2.45, 2.75) is 33.6 Å². The molecule has 3 nitrogen and oxygen atoms in total. The minimum atomic E-state index is -0.0222. The van der Waals surface area contributed by atoms with Crippen molar-refractivity contribution < 1.29 is 9.53 Å². The summed E-state index contributed by atoms with van der Waals surface area (Å²) >= 11 is 5.90. The molecule has 0 heterocycles. The van der Waals surface area contributed by atoms with Crippen molar-refractivity contribution in [1.29, 1.82) is 0 Å². The lowest BCUT2D eigenvalue weighted by atomic mass is 9.97. The summed E-state index contributed by atoms with van der Waals surface area (Å²) in [4.78, 5) is 12.0. The van der Waals surface area contributed by atoms with E-state index in [9.17, 15) is 4.79 Å². The summed E-state index contributed by atoms with van der Waals surface area (Å²) in [6.07, 6.45) is 0. The van der Waals surface area contributed by atoms with E-state index in [4.69, 9.17) is 16.3 Å². The number of ether oxygens (including phenoxy) is 1. The molecular formula is C15H22ClNO2. The number of carbonyl (C=O) groups is 1. The Labute approximate surface area is 120 Å². The minimum Gasteiger partial charge on any atom is -0.494 e. The topological polar surface area (TPSA) is 38.3 Å². The molecule has 1 unspecified atom stereocenters. The van der Waals surface area contributed by atoms with Crippen LogP contribution in [0.4, 0.5) is 5.69 Å². The maximum absolute atomic E-state index is 12.0. The molecule has 0 saturated carbocycles. The number of rotatable bonds is 6. The molecule has 1 atom stereocenters. The summed E-state index contributed by atoms with van der Waals surface area (Å²) in [7, 11) is 0. The number of halogens is 1. The first-order chi connectivity index (χ1) is 8.99. The minimum absolute atomic E-state index is 0.0222. The third kappa shape index (κ3) is 4.43. The maximum atomic E-state index is 12.0. The molecule has 1 amide bonds. The van der Waals surface area contributed by atoms with Crippen LogP contribution in [0.1, 0.15) is 33.3 Å². The van der Waals surface area contributed by atoms with Gasteiger partial charge in [0.2, 0.25) is 5.91 Å². The second-order valence-corrected chi connectivity index (χ2v) is 5.18. The predicted molar refractivity (Wildman–Crippen MR) is 79.8 cm³/mol. The van der Waals surface area contributed by atoms with E-state index in [1.54, 1.807) is 0 Å². The highest BCUT2D eigenvalue weighted by Gasteiger charge is 2.17. The van der Waals surface area contributed by atoms with Crippen molar-refractivity contribution in [2.24, 2.45) is 11.8 Å². The number of benzene rings is 1. The highest BCUT2D eigenvalue weighted by atomic mass is 35.5. The van der Waals surface area contributed by atoms with Crippen molar-refractivity contribution in [3.05, 3.63) is 23.8 Å². The van der Waals surface area contributed by atoms with Crippen LogP contribution < -0.4 is 10.1 Å². The fourth-order valence-electron chi connectivity index (χ4n) is 1.62. The van der Waals surface area contributed by atoms with Gasteiger partial charge in [0, 0.05) is 17.2 Å². The Hall–Kier alpha value is -1.22. The van der Waals surface area contributed by atoms with E-state index < -0.39 is 0 Å². The molecule has 1 aromatic carbocycles. The Morgan fingerprint density at radius 2 is 2.05 bits per heavy atom. The van der Waals surface area contributed by atoms with Crippen molar-refractivity contribution in [2.75, 3.05) is 11.9 Å². The van der Waals surface area contributed by atoms with E-state index in [1.807, 2.05) is 45.9 Å². The van der Waals surface area contributed by atoms with Crippen LogP contribution in [0.2, 0.25) is 0 Å². The second-order valence-electron chi connectivity index (χ2n) is 4.91. The van der Waals surface area contributed by atoms with Crippen molar-refractivity contribution >= 4 is 23.2 Å². The summed E-state index contributed by atoms with van der Waals surface area (Å²) in [5.41, 5.74) is 1.65. The molecule has 0 aromatic heterocycles. The number of carbonyl (C=O) groups excluding carboxylic acids is 1. The van der Waals surface area contributed by atoms with Gasteiger partial charge in [-0.25, -0.2) is 0 Å². The smallest absolute Gasteiger partial charge is 0.227 e. The van der Waals surface area contributed by atoms with Crippen LogP contribution in [0.3, 0.4) is 0 Å². The van der Waals surface area contributed by atoms with Crippen LogP contribution in [-0.4, -0.2) is 12.5 Å². The van der Waals surface area contributed by atoms with Crippen molar-refractivity contribution in [1.82, 2.24) is 0 Å². The van der Waals surface area contributed by atoms with Crippen molar-refractivity contribution in [3.63, 3.8) is 0 Å². The van der Waals surface area contributed by atoms with Crippen molar-refractivity contribution in [3.8, 4) is 5.75 Å². The Bertz CT molecular complexity index is 432.